The minimum Gasteiger partial charge on any atom is -0.479 e. The average Bonchev–Trinajstić information content (AvgIpc) is 3.09. The van der Waals surface area contributed by atoms with Gasteiger partial charge in [-0.25, -0.2) is 9.18 Å². The summed E-state index contributed by atoms with van der Waals surface area (Å²) in [6, 6.07) is 0. The van der Waals surface area contributed by atoms with Crippen LogP contribution in [0.25, 0.3) is 0 Å². The van der Waals surface area contributed by atoms with E-state index in [-0.39, 0.29) is 18.6 Å². The highest BCUT2D eigenvalue weighted by atomic mass is 19.1. The van der Waals surface area contributed by atoms with Crippen LogP contribution in [0.1, 0.15) is 46.5 Å². The number of ether oxygens (including phenoxy) is 2. The maximum absolute atomic E-state index is 17.3. The monoisotopic (exact) mass is 568 g/mol. The third-order valence-corrected chi connectivity index (χ3v) is 10.8. The molecule has 5 aliphatic rings. The molecule has 0 spiro atoms. The van der Waals surface area contributed by atoms with Crippen molar-refractivity contribution in [2.75, 3.05) is 6.61 Å². The summed E-state index contributed by atoms with van der Waals surface area (Å²) in [4.78, 5) is 37.0. The van der Waals surface area contributed by atoms with Crippen molar-refractivity contribution in [1.82, 2.24) is 0 Å². The fourth-order valence-electron chi connectivity index (χ4n) is 8.60. The van der Waals surface area contributed by atoms with Crippen molar-refractivity contribution in [3.63, 3.8) is 0 Å². The predicted octanol–water partition coefficient (Wildman–Crippen LogP) is -0.188. The Balaban J connectivity index is 1.40. The minimum absolute atomic E-state index is 0.233. The summed E-state index contributed by atoms with van der Waals surface area (Å²) < 4.78 is 27.7. The lowest BCUT2D eigenvalue weighted by molar-refractivity contribution is -0.293. The fourth-order valence-corrected chi connectivity index (χ4v) is 8.60. The number of allylic oxidation sites excluding steroid dienone is 4. The van der Waals surface area contributed by atoms with Gasteiger partial charge in [0.15, 0.2) is 29.6 Å². The Morgan fingerprint density at radius 2 is 1.80 bits per heavy atom. The summed E-state index contributed by atoms with van der Waals surface area (Å²) in [6.07, 6.45) is -5.93. The molecular formula is C28H37FO11. The molecule has 1 heterocycles. The number of aliphatic hydroxyl groups is 5. The highest BCUT2D eigenvalue weighted by Gasteiger charge is 2.75. The first kappa shape index (κ1) is 29.4. The van der Waals surface area contributed by atoms with E-state index in [1.807, 2.05) is 0 Å². The molecule has 0 aromatic carbocycles. The van der Waals surface area contributed by atoms with E-state index in [4.69, 9.17) is 9.47 Å². The van der Waals surface area contributed by atoms with Crippen molar-refractivity contribution in [3.8, 4) is 0 Å². The van der Waals surface area contributed by atoms with Crippen LogP contribution in [0, 0.1) is 28.6 Å². The third-order valence-electron chi connectivity index (χ3n) is 10.8. The highest BCUT2D eigenvalue weighted by molar-refractivity contribution is 6.01. The molecule has 0 radical (unpaired) electrons. The Morgan fingerprint density at radius 1 is 1.12 bits per heavy atom. The van der Waals surface area contributed by atoms with Gasteiger partial charge >= 0.3 is 5.97 Å². The molecule has 12 heteroatoms. The molecule has 5 rings (SSSR count). The SMILES string of the molecule is CC1CC2C3CCC4=CC(=O)C=CC4(C)C3(F)C(O)CC2(C)C1(O)C(=O)COC1OC(C(=O)O)C(O)C(O)C1O. The first-order valence-corrected chi connectivity index (χ1v) is 13.6. The quantitative estimate of drug-likeness (QED) is 0.258. The van der Waals surface area contributed by atoms with E-state index in [0.717, 1.165) is 0 Å². The molecule has 3 saturated carbocycles. The maximum atomic E-state index is 17.3. The van der Waals surface area contributed by atoms with Crippen LogP contribution in [0.4, 0.5) is 4.39 Å². The van der Waals surface area contributed by atoms with Crippen LogP contribution in [-0.4, -0.2) is 103 Å². The number of halogens is 1. The molecule has 0 aromatic rings. The topological polar surface area (TPSA) is 191 Å². The molecule has 13 unspecified atom stereocenters. The van der Waals surface area contributed by atoms with E-state index in [1.165, 1.54) is 18.2 Å². The highest BCUT2D eigenvalue weighted by Crippen LogP contribution is 2.70. The smallest absolute Gasteiger partial charge is 0.335 e. The van der Waals surface area contributed by atoms with Gasteiger partial charge in [0.05, 0.1) is 6.10 Å². The zero-order valence-corrected chi connectivity index (χ0v) is 22.6. The molecule has 13 atom stereocenters. The Hall–Kier alpha value is -2.06. The minimum atomic E-state index is -2.13. The molecular weight excluding hydrogens is 531 g/mol. The van der Waals surface area contributed by atoms with E-state index in [9.17, 15) is 45.0 Å². The van der Waals surface area contributed by atoms with Crippen LogP contribution in [0.15, 0.2) is 23.8 Å². The number of carboxylic acid groups (broad SMARTS) is 1. The molecule has 1 aliphatic heterocycles. The maximum Gasteiger partial charge on any atom is 0.335 e. The van der Waals surface area contributed by atoms with Crippen molar-refractivity contribution in [2.45, 2.75) is 94.5 Å². The van der Waals surface area contributed by atoms with E-state index >= 15 is 4.39 Å². The molecule has 0 bridgehead atoms. The number of rotatable bonds is 5. The number of hydrogen-bond acceptors (Lipinski definition) is 10. The number of hydrogen-bond donors (Lipinski definition) is 6. The molecule has 40 heavy (non-hydrogen) atoms. The Kier molecular flexibility index (Phi) is 6.98. The Morgan fingerprint density at radius 3 is 2.45 bits per heavy atom. The number of carbonyl (C=O) groups is 3. The van der Waals surface area contributed by atoms with Gasteiger partial charge < -0.3 is 40.1 Å². The fraction of sp³-hybridized carbons (Fsp3) is 0.750. The Bertz CT molecular complexity index is 1170. The van der Waals surface area contributed by atoms with Crippen molar-refractivity contribution in [2.24, 2.45) is 28.6 Å². The molecule has 0 aromatic heterocycles. The first-order chi connectivity index (χ1) is 18.5. The van der Waals surface area contributed by atoms with Gasteiger partial charge in [0.2, 0.25) is 0 Å². The van der Waals surface area contributed by atoms with Gasteiger partial charge in [-0.05, 0) is 56.6 Å². The number of alkyl halides is 1. The standard InChI is InChI=1S/C28H37FO11/c1-12-8-16-15-5-4-13-9-14(30)6-7-25(13,2)27(15,29)17(31)10-26(16,3)28(12,38)18(32)11-39-24-21(35)19(33)20(34)22(40-24)23(36)37/h6-7,9,12,15-17,19-22,24,31,33-35,38H,4-5,8,10-11H2,1-3H3,(H,36,37). The van der Waals surface area contributed by atoms with Crippen LogP contribution < -0.4 is 0 Å². The number of ketones is 2. The summed E-state index contributed by atoms with van der Waals surface area (Å²) in [5.41, 5.74) is -6.07. The van der Waals surface area contributed by atoms with Gasteiger partial charge in [-0.1, -0.05) is 25.5 Å². The van der Waals surface area contributed by atoms with Crippen molar-refractivity contribution in [1.29, 1.82) is 0 Å². The van der Waals surface area contributed by atoms with Crippen LogP contribution in [0.5, 0.6) is 0 Å². The summed E-state index contributed by atoms with van der Waals surface area (Å²) >= 11 is 0. The number of Topliss-reactive ketones (excluding diaryl/α,β-unsaturated/α-hetero) is 1. The van der Waals surface area contributed by atoms with Crippen LogP contribution in [-0.2, 0) is 23.9 Å². The Labute approximate surface area is 230 Å². The van der Waals surface area contributed by atoms with E-state index in [0.29, 0.717) is 18.4 Å². The zero-order chi connectivity index (χ0) is 29.6. The second-order valence-corrected chi connectivity index (χ2v) is 12.6. The lowest BCUT2D eigenvalue weighted by Gasteiger charge is -2.62. The average molecular weight is 569 g/mol. The summed E-state index contributed by atoms with van der Waals surface area (Å²) in [7, 11) is 0. The second kappa shape index (κ2) is 9.48. The van der Waals surface area contributed by atoms with Gasteiger partial charge in [0.1, 0.15) is 30.5 Å². The first-order valence-electron chi connectivity index (χ1n) is 13.6. The van der Waals surface area contributed by atoms with E-state index < -0.39 is 95.0 Å². The molecule has 0 amide bonds. The molecule has 4 fully saturated rings. The van der Waals surface area contributed by atoms with Crippen molar-refractivity contribution in [3.05, 3.63) is 23.8 Å². The predicted molar refractivity (Wildman–Crippen MR) is 133 cm³/mol. The van der Waals surface area contributed by atoms with E-state index in [1.54, 1.807) is 20.8 Å². The van der Waals surface area contributed by atoms with E-state index in [2.05, 4.69) is 0 Å². The number of carboxylic acids is 1. The summed E-state index contributed by atoms with van der Waals surface area (Å²) in [6.45, 7) is 4.16. The number of fused-ring (bicyclic) bond motifs is 5. The summed E-state index contributed by atoms with van der Waals surface area (Å²) in [5, 5.41) is 62.8. The lowest BCUT2D eigenvalue weighted by atomic mass is 9.44. The number of aliphatic carboxylic acids is 1. The third kappa shape index (κ3) is 3.70. The van der Waals surface area contributed by atoms with Crippen molar-refractivity contribution >= 4 is 17.5 Å². The molecule has 4 aliphatic carbocycles. The normalized spacial score (nSPS) is 51.9. The summed E-state index contributed by atoms with van der Waals surface area (Å²) in [5.74, 6) is -4.56. The molecule has 1 saturated heterocycles. The zero-order valence-electron chi connectivity index (χ0n) is 22.6. The van der Waals surface area contributed by atoms with Crippen LogP contribution in [0.2, 0.25) is 0 Å². The molecule has 222 valence electrons. The number of aliphatic hydroxyl groups excluding tert-OH is 4. The molecule has 11 nitrogen and oxygen atoms in total. The van der Waals surface area contributed by atoms with Crippen molar-refractivity contribution < 1.29 is 58.9 Å². The molecule has 6 N–H and O–H groups in total. The van der Waals surface area contributed by atoms with Gasteiger partial charge in [0, 0.05) is 16.7 Å². The van der Waals surface area contributed by atoms with Gasteiger partial charge in [0.25, 0.3) is 0 Å². The van der Waals surface area contributed by atoms with Gasteiger partial charge in [-0.3, -0.25) is 9.59 Å². The lowest BCUT2D eigenvalue weighted by Crippen LogP contribution is -2.69. The van der Waals surface area contributed by atoms with Crippen LogP contribution in [0.3, 0.4) is 0 Å². The second-order valence-electron chi connectivity index (χ2n) is 12.6. The van der Waals surface area contributed by atoms with Crippen LogP contribution >= 0.6 is 0 Å². The number of carbonyl (C=O) groups excluding carboxylic acids is 2. The van der Waals surface area contributed by atoms with Gasteiger partial charge in [-0.15, -0.1) is 0 Å². The van der Waals surface area contributed by atoms with Gasteiger partial charge in [-0.2, -0.15) is 0 Å². The largest absolute Gasteiger partial charge is 0.479 e.